The highest BCUT2D eigenvalue weighted by Crippen LogP contribution is 2.42. The number of hydrogen-bond donors (Lipinski definition) is 2. The van der Waals surface area contributed by atoms with E-state index in [2.05, 4.69) is 64.1 Å². The van der Waals surface area contributed by atoms with Crippen LogP contribution >= 0.6 is 0 Å². The molecule has 0 aromatic heterocycles. The van der Waals surface area contributed by atoms with Gasteiger partial charge in [-0.25, -0.2) is 0 Å². The predicted octanol–water partition coefficient (Wildman–Crippen LogP) is 2.82. The molecule has 2 aromatic rings. The van der Waals surface area contributed by atoms with Gasteiger partial charge in [0, 0.05) is 50.9 Å². The Labute approximate surface area is 132 Å². The molecule has 0 spiro atoms. The van der Waals surface area contributed by atoms with Crippen molar-refractivity contribution >= 4 is 5.69 Å². The van der Waals surface area contributed by atoms with Gasteiger partial charge in [0.15, 0.2) is 0 Å². The minimum absolute atomic E-state index is 0.471. The first-order valence-corrected chi connectivity index (χ1v) is 8.18. The second-order valence-corrected chi connectivity index (χ2v) is 6.24. The zero-order valence-electron chi connectivity index (χ0n) is 13.0. The minimum atomic E-state index is 0.471. The maximum Gasteiger partial charge on any atom is 0.0496 e. The SMILES string of the molecule is CNc1cccc2c1[C@@H]1CNCCN1C[C@@H]2c1ccccc1. The molecule has 2 N–H and O–H groups in total. The lowest BCUT2D eigenvalue weighted by Gasteiger charge is -2.45. The van der Waals surface area contributed by atoms with Gasteiger partial charge in [-0.05, 0) is 22.8 Å². The number of rotatable bonds is 2. The molecular weight excluding hydrogens is 270 g/mol. The molecule has 114 valence electrons. The van der Waals surface area contributed by atoms with Crippen molar-refractivity contribution in [3.05, 3.63) is 65.2 Å². The van der Waals surface area contributed by atoms with Crippen molar-refractivity contribution in [3.63, 3.8) is 0 Å². The van der Waals surface area contributed by atoms with E-state index in [0.717, 1.165) is 26.2 Å². The molecule has 3 heteroatoms. The fourth-order valence-electron chi connectivity index (χ4n) is 4.03. The molecule has 22 heavy (non-hydrogen) atoms. The van der Waals surface area contributed by atoms with Crippen LogP contribution in [0, 0.1) is 0 Å². The second-order valence-electron chi connectivity index (χ2n) is 6.24. The third kappa shape index (κ3) is 2.21. The Morgan fingerprint density at radius 2 is 1.95 bits per heavy atom. The zero-order chi connectivity index (χ0) is 14.9. The van der Waals surface area contributed by atoms with Gasteiger partial charge in [0.2, 0.25) is 0 Å². The number of hydrogen-bond acceptors (Lipinski definition) is 3. The molecular formula is C19H23N3. The van der Waals surface area contributed by atoms with Gasteiger partial charge in [0.25, 0.3) is 0 Å². The molecule has 0 unspecified atom stereocenters. The molecule has 2 aromatic carbocycles. The summed E-state index contributed by atoms with van der Waals surface area (Å²) in [7, 11) is 2.03. The fraction of sp³-hybridized carbons (Fsp3) is 0.368. The van der Waals surface area contributed by atoms with E-state index in [9.17, 15) is 0 Å². The number of nitrogens with zero attached hydrogens (tertiary/aromatic N) is 1. The summed E-state index contributed by atoms with van der Waals surface area (Å²) in [6.45, 7) is 4.39. The summed E-state index contributed by atoms with van der Waals surface area (Å²) >= 11 is 0. The Morgan fingerprint density at radius 1 is 1.09 bits per heavy atom. The van der Waals surface area contributed by atoms with Crippen LogP contribution in [0.25, 0.3) is 0 Å². The molecule has 1 saturated heterocycles. The van der Waals surface area contributed by atoms with Gasteiger partial charge in [-0.3, -0.25) is 4.90 Å². The lowest BCUT2D eigenvalue weighted by Crippen LogP contribution is -2.50. The van der Waals surface area contributed by atoms with Crippen molar-refractivity contribution in [2.45, 2.75) is 12.0 Å². The molecule has 2 aliphatic heterocycles. The largest absolute Gasteiger partial charge is 0.388 e. The van der Waals surface area contributed by atoms with Crippen LogP contribution in [0.1, 0.15) is 28.7 Å². The van der Waals surface area contributed by atoms with Crippen LogP contribution in [0.5, 0.6) is 0 Å². The van der Waals surface area contributed by atoms with Crippen molar-refractivity contribution in [1.82, 2.24) is 10.2 Å². The molecule has 1 fully saturated rings. The Morgan fingerprint density at radius 3 is 2.77 bits per heavy atom. The molecule has 0 amide bonds. The van der Waals surface area contributed by atoms with E-state index in [0.29, 0.717) is 12.0 Å². The highest BCUT2D eigenvalue weighted by molar-refractivity contribution is 5.59. The van der Waals surface area contributed by atoms with Crippen LogP contribution in [0.3, 0.4) is 0 Å². The molecule has 4 rings (SSSR count). The Bertz CT molecular complexity index is 653. The first-order chi connectivity index (χ1) is 10.9. The molecule has 3 nitrogen and oxygen atoms in total. The molecule has 2 aliphatic rings. The smallest absolute Gasteiger partial charge is 0.0496 e. The van der Waals surface area contributed by atoms with Crippen molar-refractivity contribution < 1.29 is 0 Å². The van der Waals surface area contributed by atoms with Gasteiger partial charge in [-0.1, -0.05) is 42.5 Å². The molecule has 0 bridgehead atoms. The van der Waals surface area contributed by atoms with Gasteiger partial charge in [0.05, 0.1) is 0 Å². The van der Waals surface area contributed by atoms with E-state index in [1.54, 1.807) is 0 Å². The fourth-order valence-corrected chi connectivity index (χ4v) is 4.03. The monoisotopic (exact) mass is 293 g/mol. The van der Waals surface area contributed by atoms with E-state index in [4.69, 9.17) is 0 Å². The maximum atomic E-state index is 3.56. The minimum Gasteiger partial charge on any atom is -0.388 e. The molecule has 2 heterocycles. The van der Waals surface area contributed by atoms with Gasteiger partial charge < -0.3 is 10.6 Å². The van der Waals surface area contributed by atoms with Crippen molar-refractivity contribution in [1.29, 1.82) is 0 Å². The quantitative estimate of drug-likeness (QED) is 0.891. The Balaban J connectivity index is 1.86. The lowest BCUT2D eigenvalue weighted by molar-refractivity contribution is 0.144. The van der Waals surface area contributed by atoms with Crippen LogP contribution in [-0.2, 0) is 0 Å². The summed E-state index contributed by atoms with van der Waals surface area (Å²) in [5.41, 5.74) is 5.67. The molecule has 2 atom stereocenters. The second kappa shape index (κ2) is 5.75. The molecule has 0 radical (unpaired) electrons. The summed E-state index contributed by atoms with van der Waals surface area (Å²) in [6.07, 6.45) is 0. The topological polar surface area (TPSA) is 27.3 Å². The van der Waals surface area contributed by atoms with E-state index < -0.39 is 0 Å². The predicted molar refractivity (Wildman–Crippen MR) is 91.5 cm³/mol. The van der Waals surface area contributed by atoms with Gasteiger partial charge in [-0.2, -0.15) is 0 Å². The highest BCUT2D eigenvalue weighted by Gasteiger charge is 2.36. The highest BCUT2D eigenvalue weighted by atomic mass is 15.2. The summed E-state index contributed by atoms with van der Waals surface area (Å²) in [6, 6.07) is 18.1. The number of anilines is 1. The number of fused-ring (bicyclic) bond motifs is 3. The molecule has 0 aliphatic carbocycles. The normalized spacial score (nSPS) is 24.4. The summed E-state index contributed by atoms with van der Waals surface area (Å²) in [4.78, 5) is 2.65. The Kier molecular flexibility index (Phi) is 3.60. The summed E-state index contributed by atoms with van der Waals surface area (Å²) in [5, 5.41) is 6.97. The van der Waals surface area contributed by atoms with Gasteiger partial charge in [0.1, 0.15) is 0 Å². The first-order valence-electron chi connectivity index (χ1n) is 8.18. The van der Waals surface area contributed by atoms with Crippen molar-refractivity contribution in [3.8, 4) is 0 Å². The standard InChI is InChI=1S/C19H23N3/c1-20-17-9-5-8-15-16(14-6-3-2-4-7-14)13-22-11-10-21-12-18(22)19(15)17/h2-9,16,18,20-21H,10-13H2,1H3/t16-,18+/m1/s1. The first kappa shape index (κ1) is 13.8. The third-order valence-electron chi connectivity index (χ3n) is 5.09. The Hall–Kier alpha value is -1.84. The van der Waals surface area contributed by atoms with Crippen LogP contribution < -0.4 is 10.6 Å². The van der Waals surface area contributed by atoms with Gasteiger partial charge in [-0.15, -0.1) is 0 Å². The van der Waals surface area contributed by atoms with Crippen LogP contribution in [0.15, 0.2) is 48.5 Å². The van der Waals surface area contributed by atoms with E-state index in [-0.39, 0.29) is 0 Å². The summed E-state index contributed by atoms with van der Waals surface area (Å²) < 4.78 is 0. The van der Waals surface area contributed by atoms with E-state index in [1.165, 1.54) is 22.4 Å². The van der Waals surface area contributed by atoms with Crippen molar-refractivity contribution in [2.24, 2.45) is 0 Å². The van der Waals surface area contributed by atoms with Crippen LogP contribution in [0.4, 0.5) is 5.69 Å². The summed E-state index contributed by atoms with van der Waals surface area (Å²) in [5.74, 6) is 0.471. The average Bonchev–Trinajstić information content (AvgIpc) is 2.61. The maximum absolute atomic E-state index is 3.56. The zero-order valence-corrected chi connectivity index (χ0v) is 13.0. The van der Waals surface area contributed by atoms with Crippen molar-refractivity contribution in [2.75, 3.05) is 38.5 Å². The van der Waals surface area contributed by atoms with Crippen LogP contribution in [-0.4, -0.2) is 38.1 Å². The molecule has 0 saturated carbocycles. The third-order valence-corrected chi connectivity index (χ3v) is 5.09. The number of benzene rings is 2. The van der Waals surface area contributed by atoms with E-state index >= 15 is 0 Å². The van der Waals surface area contributed by atoms with Crippen LogP contribution in [0.2, 0.25) is 0 Å². The number of piperazine rings is 1. The number of nitrogens with one attached hydrogen (secondary N) is 2. The van der Waals surface area contributed by atoms with E-state index in [1.807, 2.05) is 7.05 Å². The lowest BCUT2D eigenvalue weighted by atomic mass is 9.80. The average molecular weight is 293 g/mol. The van der Waals surface area contributed by atoms with Gasteiger partial charge >= 0.3 is 0 Å².